The van der Waals surface area contributed by atoms with E-state index in [0.29, 0.717) is 17.5 Å². The number of phenolic OH excluding ortho intramolecular Hbond substituents is 1. The number of halogens is 1. The number of nitrogens with zero attached hydrogens (tertiary/aromatic N) is 1. The largest absolute Gasteiger partial charge is 0.504 e. The smallest absolute Gasteiger partial charge is 0.270 e. The lowest BCUT2D eigenvalue weighted by Gasteiger charge is -2.22. The molecule has 0 fully saturated rings. The fourth-order valence-corrected chi connectivity index (χ4v) is 4.70. The van der Waals surface area contributed by atoms with Crippen LogP contribution in [-0.2, 0) is 19.6 Å². The van der Waals surface area contributed by atoms with E-state index in [4.69, 9.17) is 21.2 Å². The summed E-state index contributed by atoms with van der Waals surface area (Å²) < 4.78 is 31.2. The molecule has 166 valence electrons. The Kier molecular flexibility index (Phi) is 7.83. The molecule has 2 rings (SSSR count). The lowest BCUT2D eigenvalue weighted by molar-refractivity contribution is -0.0443. The van der Waals surface area contributed by atoms with E-state index >= 15 is 0 Å². The minimum atomic E-state index is -4.29. The van der Waals surface area contributed by atoms with Crippen LogP contribution in [0.1, 0.15) is 20.3 Å². The highest BCUT2D eigenvalue weighted by Gasteiger charge is 2.32. The van der Waals surface area contributed by atoms with Gasteiger partial charge in [-0.15, -0.1) is 0 Å². The predicted molar refractivity (Wildman–Crippen MR) is 114 cm³/mol. The maximum atomic E-state index is 12.8. The quantitative estimate of drug-likeness (QED) is 0.260. The summed E-state index contributed by atoms with van der Waals surface area (Å²) in [7, 11) is -1.61. The Hall–Kier alpha value is -2.18. The molecule has 0 spiro atoms. The van der Waals surface area contributed by atoms with Gasteiger partial charge in [-0.3, -0.25) is 14.4 Å². The number of aromatic hydroxyl groups is 1. The van der Waals surface area contributed by atoms with Crippen molar-refractivity contribution in [2.75, 3.05) is 38.0 Å². The van der Waals surface area contributed by atoms with E-state index in [9.17, 15) is 23.1 Å². The Morgan fingerprint density at radius 2 is 1.80 bits per heavy atom. The molecule has 12 heteroatoms. The van der Waals surface area contributed by atoms with Crippen molar-refractivity contribution in [3.05, 3.63) is 37.6 Å². The maximum absolute atomic E-state index is 12.8. The van der Waals surface area contributed by atoms with Crippen LogP contribution in [0.4, 0.5) is 17.1 Å². The highest BCUT2D eigenvalue weighted by Crippen LogP contribution is 2.40. The summed E-state index contributed by atoms with van der Waals surface area (Å²) in [6.07, 6.45) is 0.630. The standard InChI is InChI=1S/C18H24ClN3O7S/c1-5-10(9-28-3)20-13-14(17(25)16(13)24)21-12-8-7-11(19)18(15(12)23)30(26,27)22(6-2)29-4/h7-8,10,20-21,23H,5-6,9H2,1-4H3/t10-/m1/s1. The van der Waals surface area contributed by atoms with E-state index in [0.717, 1.165) is 0 Å². The first-order chi connectivity index (χ1) is 14.1. The van der Waals surface area contributed by atoms with Gasteiger partial charge in [-0.25, -0.2) is 8.42 Å². The number of hydrogen-bond donors (Lipinski definition) is 3. The van der Waals surface area contributed by atoms with Crippen molar-refractivity contribution in [3.8, 4) is 5.75 Å². The summed E-state index contributed by atoms with van der Waals surface area (Å²) in [6.45, 7) is 3.70. The molecule has 3 N–H and O–H groups in total. The average Bonchev–Trinajstić information content (AvgIpc) is 2.71. The number of nitrogens with one attached hydrogen (secondary N) is 2. The van der Waals surface area contributed by atoms with Crippen LogP contribution in [0.25, 0.3) is 0 Å². The molecular weight excluding hydrogens is 438 g/mol. The third-order valence-electron chi connectivity index (χ3n) is 4.45. The van der Waals surface area contributed by atoms with Gasteiger partial charge in [-0.1, -0.05) is 23.0 Å². The summed E-state index contributed by atoms with van der Waals surface area (Å²) in [5, 5.41) is 15.9. The minimum absolute atomic E-state index is 0.0314. The molecule has 10 nitrogen and oxygen atoms in total. The average molecular weight is 462 g/mol. The first kappa shape index (κ1) is 24.1. The number of ether oxygens (including phenoxy) is 1. The van der Waals surface area contributed by atoms with Crippen LogP contribution in [0.15, 0.2) is 26.6 Å². The van der Waals surface area contributed by atoms with Gasteiger partial charge in [0.05, 0.1) is 24.4 Å². The zero-order chi connectivity index (χ0) is 22.6. The first-order valence-corrected chi connectivity index (χ1v) is 10.9. The molecule has 0 amide bonds. The number of sulfonamides is 1. The Morgan fingerprint density at radius 1 is 1.17 bits per heavy atom. The Bertz CT molecular complexity index is 1080. The van der Waals surface area contributed by atoms with Crippen LogP contribution in [-0.4, -0.2) is 51.4 Å². The second-order valence-corrected chi connectivity index (χ2v) is 8.49. The highest BCUT2D eigenvalue weighted by molar-refractivity contribution is 7.89. The summed E-state index contributed by atoms with van der Waals surface area (Å²) in [4.78, 5) is 28.3. The van der Waals surface area contributed by atoms with Crippen molar-refractivity contribution >= 4 is 38.7 Å². The Balaban J connectivity index is 2.47. The zero-order valence-corrected chi connectivity index (χ0v) is 18.6. The van der Waals surface area contributed by atoms with Crippen molar-refractivity contribution in [1.29, 1.82) is 0 Å². The normalized spacial score (nSPS) is 13.0. The van der Waals surface area contributed by atoms with Gasteiger partial charge in [0.1, 0.15) is 16.3 Å². The predicted octanol–water partition coefficient (Wildman–Crippen LogP) is 1.79. The van der Waals surface area contributed by atoms with Gasteiger partial charge in [-0.05, 0) is 25.5 Å². The summed E-state index contributed by atoms with van der Waals surface area (Å²) in [5.41, 5.74) is -1.68. The minimum Gasteiger partial charge on any atom is -0.504 e. The molecule has 0 aliphatic heterocycles. The summed E-state index contributed by atoms with van der Waals surface area (Å²) in [5.74, 6) is -0.707. The van der Waals surface area contributed by atoms with Crippen molar-refractivity contribution in [3.63, 3.8) is 0 Å². The maximum Gasteiger partial charge on any atom is 0.270 e. The van der Waals surface area contributed by atoms with Crippen LogP contribution in [0, 0.1) is 0 Å². The number of rotatable bonds is 11. The molecule has 30 heavy (non-hydrogen) atoms. The number of methoxy groups -OCH3 is 1. The van der Waals surface area contributed by atoms with Crippen LogP contribution >= 0.6 is 11.6 Å². The van der Waals surface area contributed by atoms with Gasteiger partial charge in [-0.2, -0.15) is 0 Å². The molecule has 0 saturated carbocycles. The third-order valence-corrected chi connectivity index (χ3v) is 6.75. The second kappa shape index (κ2) is 9.75. The van der Waals surface area contributed by atoms with Crippen LogP contribution < -0.4 is 21.5 Å². The lowest BCUT2D eigenvalue weighted by atomic mass is 10.1. The van der Waals surface area contributed by atoms with Crippen molar-refractivity contribution < 1.29 is 23.1 Å². The molecule has 1 atom stereocenters. The molecule has 0 aliphatic rings. The van der Waals surface area contributed by atoms with Gasteiger partial charge < -0.3 is 20.5 Å². The molecular formula is C18H24ClN3O7S. The fraction of sp³-hybridized carbons (Fsp3) is 0.444. The van der Waals surface area contributed by atoms with Crippen LogP contribution in [0.3, 0.4) is 0 Å². The topological polar surface area (TPSA) is 134 Å². The lowest BCUT2D eigenvalue weighted by Crippen LogP contribution is -2.40. The number of anilines is 3. The molecule has 2 aromatic rings. The van der Waals surface area contributed by atoms with E-state index < -0.39 is 31.5 Å². The van der Waals surface area contributed by atoms with Crippen molar-refractivity contribution in [1.82, 2.24) is 4.47 Å². The molecule has 0 aliphatic carbocycles. The molecule has 0 radical (unpaired) electrons. The molecule has 0 bridgehead atoms. The van der Waals surface area contributed by atoms with E-state index in [1.165, 1.54) is 26.4 Å². The van der Waals surface area contributed by atoms with E-state index in [1.54, 1.807) is 6.92 Å². The monoisotopic (exact) mass is 461 g/mol. The highest BCUT2D eigenvalue weighted by atomic mass is 35.5. The molecule has 0 unspecified atom stereocenters. The fourth-order valence-electron chi connectivity index (χ4n) is 2.84. The number of benzene rings is 1. The molecule has 0 saturated heterocycles. The Morgan fingerprint density at radius 3 is 2.33 bits per heavy atom. The molecule has 0 heterocycles. The summed E-state index contributed by atoms with van der Waals surface area (Å²) >= 11 is 6.02. The van der Waals surface area contributed by atoms with E-state index in [-0.39, 0.29) is 34.7 Å². The van der Waals surface area contributed by atoms with Gasteiger partial charge in [0.2, 0.25) is 0 Å². The summed E-state index contributed by atoms with van der Waals surface area (Å²) in [6, 6.07) is 2.33. The third kappa shape index (κ3) is 4.44. The SMILES string of the molecule is CC[C@H](COC)Nc1c(Nc2ccc(Cl)c(S(=O)(=O)N(CC)OC)c2O)c(=O)c1=O. The number of hydroxylamine groups is 1. The first-order valence-electron chi connectivity index (χ1n) is 9.07. The second-order valence-electron chi connectivity index (χ2n) is 6.32. The van der Waals surface area contributed by atoms with Crippen LogP contribution in [0.5, 0.6) is 5.75 Å². The van der Waals surface area contributed by atoms with Gasteiger partial charge in [0.25, 0.3) is 20.9 Å². The van der Waals surface area contributed by atoms with Gasteiger partial charge in [0, 0.05) is 19.7 Å². The zero-order valence-electron chi connectivity index (χ0n) is 17.0. The van der Waals surface area contributed by atoms with Crippen LogP contribution in [0.2, 0.25) is 5.02 Å². The Labute approximate surface area is 179 Å². The van der Waals surface area contributed by atoms with E-state index in [2.05, 4.69) is 10.6 Å². The van der Waals surface area contributed by atoms with Gasteiger partial charge >= 0.3 is 0 Å². The number of hydrogen-bond acceptors (Lipinski definition) is 9. The molecule has 2 aromatic carbocycles. The molecule has 0 aromatic heterocycles. The van der Waals surface area contributed by atoms with Crippen molar-refractivity contribution in [2.45, 2.75) is 31.2 Å². The van der Waals surface area contributed by atoms with Crippen molar-refractivity contribution in [2.24, 2.45) is 0 Å². The van der Waals surface area contributed by atoms with E-state index in [1.807, 2.05) is 6.92 Å². The van der Waals surface area contributed by atoms with Gasteiger partial charge in [0.15, 0.2) is 5.75 Å². The number of phenols is 1.